The summed E-state index contributed by atoms with van der Waals surface area (Å²) in [4.78, 5) is 14.3. The summed E-state index contributed by atoms with van der Waals surface area (Å²) < 4.78 is 6.08. The van der Waals surface area contributed by atoms with Crippen molar-refractivity contribution in [1.82, 2.24) is 4.90 Å². The maximum absolute atomic E-state index is 12.5. The highest BCUT2D eigenvalue weighted by molar-refractivity contribution is 9.10. The first kappa shape index (κ1) is 17.4. The lowest BCUT2D eigenvalue weighted by Gasteiger charge is -2.21. The average molecular weight is 374 g/mol. The van der Waals surface area contributed by atoms with Crippen molar-refractivity contribution < 1.29 is 9.53 Å². The molecule has 0 aliphatic heterocycles. The summed E-state index contributed by atoms with van der Waals surface area (Å²) in [7, 11) is 1.64. The standard InChI is InChI=1S/C19H20BrNO2/c1-23-14-13-21(15-16-7-3-2-4-8-16)19(22)12-11-17-9-5-6-10-18(17)20/h2-12H,13-15H2,1H3/b12-11+. The normalized spacial score (nSPS) is 10.9. The number of amides is 1. The predicted octanol–water partition coefficient (Wildman–Crippen LogP) is 4.14. The van der Waals surface area contributed by atoms with E-state index < -0.39 is 0 Å². The molecule has 2 aromatic rings. The molecule has 23 heavy (non-hydrogen) atoms. The number of carbonyl (C=O) groups is 1. The number of halogens is 1. The van der Waals surface area contributed by atoms with Crippen molar-refractivity contribution in [3.05, 3.63) is 76.3 Å². The molecule has 0 heterocycles. The van der Waals surface area contributed by atoms with Crippen LogP contribution in [0.1, 0.15) is 11.1 Å². The molecule has 0 atom stereocenters. The highest BCUT2D eigenvalue weighted by Crippen LogP contribution is 2.17. The van der Waals surface area contributed by atoms with E-state index in [-0.39, 0.29) is 5.91 Å². The fourth-order valence-corrected chi connectivity index (χ4v) is 2.57. The van der Waals surface area contributed by atoms with Gasteiger partial charge in [0.15, 0.2) is 0 Å². The average Bonchev–Trinajstić information content (AvgIpc) is 2.58. The van der Waals surface area contributed by atoms with Gasteiger partial charge in [0.1, 0.15) is 0 Å². The Balaban J connectivity index is 2.08. The summed E-state index contributed by atoms with van der Waals surface area (Å²) in [5.41, 5.74) is 2.08. The number of nitrogens with zero attached hydrogens (tertiary/aromatic N) is 1. The van der Waals surface area contributed by atoms with Crippen molar-refractivity contribution in [2.45, 2.75) is 6.54 Å². The number of benzene rings is 2. The number of carbonyl (C=O) groups excluding carboxylic acids is 1. The van der Waals surface area contributed by atoms with Gasteiger partial charge in [0.05, 0.1) is 6.61 Å². The van der Waals surface area contributed by atoms with E-state index in [4.69, 9.17) is 4.74 Å². The molecule has 0 unspecified atom stereocenters. The van der Waals surface area contributed by atoms with Crippen molar-refractivity contribution >= 4 is 27.9 Å². The van der Waals surface area contributed by atoms with Crippen molar-refractivity contribution in [2.24, 2.45) is 0 Å². The van der Waals surface area contributed by atoms with Gasteiger partial charge in [-0.25, -0.2) is 0 Å². The zero-order chi connectivity index (χ0) is 16.5. The fourth-order valence-electron chi connectivity index (χ4n) is 2.15. The van der Waals surface area contributed by atoms with Crippen molar-refractivity contribution in [3.8, 4) is 0 Å². The second-order valence-corrected chi connectivity index (χ2v) is 5.95. The monoisotopic (exact) mass is 373 g/mol. The molecule has 0 aliphatic carbocycles. The molecule has 120 valence electrons. The van der Waals surface area contributed by atoms with Crippen LogP contribution < -0.4 is 0 Å². The number of hydrogen-bond donors (Lipinski definition) is 0. The Labute approximate surface area is 145 Å². The Bertz CT molecular complexity index is 655. The van der Waals surface area contributed by atoms with Gasteiger partial charge in [0, 0.05) is 30.7 Å². The van der Waals surface area contributed by atoms with E-state index in [1.165, 1.54) is 0 Å². The van der Waals surface area contributed by atoms with Gasteiger partial charge in [-0.15, -0.1) is 0 Å². The summed E-state index contributed by atoms with van der Waals surface area (Å²) in [6, 6.07) is 17.8. The minimum Gasteiger partial charge on any atom is -0.383 e. The molecule has 0 saturated heterocycles. The van der Waals surface area contributed by atoms with E-state index >= 15 is 0 Å². The van der Waals surface area contributed by atoms with E-state index in [0.717, 1.165) is 15.6 Å². The minimum absolute atomic E-state index is 0.0262. The van der Waals surface area contributed by atoms with Gasteiger partial charge < -0.3 is 9.64 Å². The highest BCUT2D eigenvalue weighted by Gasteiger charge is 2.11. The molecule has 2 rings (SSSR count). The molecular formula is C19H20BrNO2. The number of hydrogen-bond acceptors (Lipinski definition) is 2. The van der Waals surface area contributed by atoms with Crippen LogP contribution >= 0.6 is 15.9 Å². The maximum Gasteiger partial charge on any atom is 0.246 e. The molecule has 1 amide bonds. The van der Waals surface area contributed by atoms with Crippen LogP contribution in [0.25, 0.3) is 6.08 Å². The maximum atomic E-state index is 12.5. The van der Waals surface area contributed by atoms with E-state index in [1.807, 2.05) is 60.7 Å². The molecule has 0 N–H and O–H groups in total. The third-order valence-electron chi connectivity index (χ3n) is 3.40. The van der Waals surface area contributed by atoms with E-state index in [1.54, 1.807) is 18.1 Å². The number of rotatable bonds is 7. The lowest BCUT2D eigenvalue weighted by atomic mass is 10.2. The van der Waals surface area contributed by atoms with Crippen LogP contribution in [0.2, 0.25) is 0 Å². The largest absolute Gasteiger partial charge is 0.383 e. The second kappa shape index (κ2) is 9.28. The third-order valence-corrected chi connectivity index (χ3v) is 4.13. The molecule has 3 nitrogen and oxygen atoms in total. The predicted molar refractivity (Wildman–Crippen MR) is 96.9 cm³/mol. The summed E-state index contributed by atoms with van der Waals surface area (Å²) in [5, 5.41) is 0. The van der Waals surface area contributed by atoms with Crippen molar-refractivity contribution in [3.63, 3.8) is 0 Å². The number of ether oxygens (including phenoxy) is 1. The van der Waals surface area contributed by atoms with Crippen LogP contribution in [-0.4, -0.2) is 31.1 Å². The quantitative estimate of drug-likeness (QED) is 0.682. The van der Waals surface area contributed by atoms with Gasteiger partial charge in [-0.1, -0.05) is 64.5 Å². The SMILES string of the molecule is COCCN(Cc1ccccc1)C(=O)/C=C/c1ccccc1Br. The van der Waals surface area contributed by atoms with Gasteiger partial charge in [-0.3, -0.25) is 4.79 Å². The summed E-state index contributed by atoms with van der Waals surface area (Å²) in [5.74, 6) is -0.0262. The van der Waals surface area contributed by atoms with Crippen LogP contribution in [0.3, 0.4) is 0 Å². The molecule has 2 aromatic carbocycles. The van der Waals surface area contributed by atoms with E-state index in [2.05, 4.69) is 15.9 Å². The Morgan fingerprint density at radius 3 is 2.52 bits per heavy atom. The minimum atomic E-state index is -0.0262. The lowest BCUT2D eigenvalue weighted by Crippen LogP contribution is -2.32. The fraction of sp³-hybridized carbons (Fsp3) is 0.211. The molecule has 0 aliphatic rings. The molecule has 4 heteroatoms. The van der Waals surface area contributed by atoms with E-state index in [0.29, 0.717) is 19.7 Å². The first-order valence-corrected chi connectivity index (χ1v) is 8.24. The molecular weight excluding hydrogens is 354 g/mol. The first-order chi connectivity index (χ1) is 11.2. The zero-order valence-corrected chi connectivity index (χ0v) is 14.7. The Morgan fingerprint density at radius 2 is 1.83 bits per heavy atom. The molecule has 0 spiro atoms. The smallest absolute Gasteiger partial charge is 0.246 e. The Morgan fingerprint density at radius 1 is 1.13 bits per heavy atom. The molecule has 0 fully saturated rings. The van der Waals surface area contributed by atoms with Crippen molar-refractivity contribution in [1.29, 1.82) is 0 Å². The highest BCUT2D eigenvalue weighted by atomic mass is 79.9. The first-order valence-electron chi connectivity index (χ1n) is 7.45. The summed E-state index contributed by atoms with van der Waals surface area (Å²) in [6.07, 6.45) is 3.44. The van der Waals surface area contributed by atoms with Gasteiger partial charge in [0.25, 0.3) is 0 Å². The van der Waals surface area contributed by atoms with Crippen LogP contribution in [-0.2, 0) is 16.1 Å². The summed E-state index contributed by atoms with van der Waals surface area (Å²) >= 11 is 3.48. The molecule has 0 aromatic heterocycles. The molecule has 0 bridgehead atoms. The second-order valence-electron chi connectivity index (χ2n) is 5.09. The van der Waals surface area contributed by atoms with Crippen LogP contribution in [0, 0.1) is 0 Å². The summed E-state index contributed by atoms with van der Waals surface area (Å²) in [6.45, 7) is 1.65. The lowest BCUT2D eigenvalue weighted by molar-refractivity contribution is -0.127. The van der Waals surface area contributed by atoms with Crippen LogP contribution in [0.4, 0.5) is 0 Å². The Hall–Kier alpha value is -1.91. The zero-order valence-electron chi connectivity index (χ0n) is 13.1. The number of methoxy groups -OCH3 is 1. The van der Waals surface area contributed by atoms with Crippen LogP contribution in [0.15, 0.2) is 65.1 Å². The molecule has 0 radical (unpaired) electrons. The van der Waals surface area contributed by atoms with Gasteiger partial charge in [0.2, 0.25) is 5.91 Å². The van der Waals surface area contributed by atoms with Crippen molar-refractivity contribution in [2.75, 3.05) is 20.3 Å². The third kappa shape index (κ3) is 5.66. The van der Waals surface area contributed by atoms with Gasteiger partial charge >= 0.3 is 0 Å². The molecule has 0 saturated carbocycles. The van der Waals surface area contributed by atoms with E-state index in [9.17, 15) is 4.79 Å². The van der Waals surface area contributed by atoms with Gasteiger partial charge in [-0.05, 0) is 23.3 Å². The topological polar surface area (TPSA) is 29.5 Å². The van der Waals surface area contributed by atoms with Gasteiger partial charge in [-0.2, -0.15) is 0 Å². The van der Waals surface area contributed by atoms with Crippen LogP contribution in [0.5, 0.6) is 0 Å². The Kier molecular flexibility index (Phi) is 7.04.